The number of carbonyl (C=O) groups excluding carboxylic acids is 1. The molecule has 0 aliphatic rings. The minimum Gasteiger partial charge on any atom is -0.497 e. The molecule has 2 aromatic rings. The van der Waals surface area contributed by atoms with Gasteiger partial charge in [-0.05, 0) is 19.1 Å². The minimum absolute atomic E-state index is 0.0671. The fraction of sp³-hybridized carbons (Fsp3) is 0.286. The highest BCUT2D eigenvalue weighted by molar-refractivity contribution is 7.99. The van der Waals surface area contributed by atoms with Gasteiger partial charge in [-0.25, -0.2) is 4.98 Å². The van der Waals surface area contributed by atoms with Crippen molar-refractivity contribution in [1.82, 2.24) is 9.97 Å². The van der Waals surface area contributed by atoms with Crippen LogP contribution in [0.2, 0.25) is 0 Å². The lowest BCUT2D eigenvalue weighted by molar-refractivity contribution is -0.117. The van der Waals surface area contributed by atoms with Crippen molar-refractivity contribution in [2.75, 3.05) is 12.9 Å². The first-order valence-electron chi connectivity index (χ1n) is 6.19. The highest BCUT2D eigenvalue weighted by atomic mass is 32.2. The maximum absolute atomic E-state index is 11.9. The average molecular weight is 302 g/mol. The molecule has 0 saturated carbocycles. The lowest BCUT2D eigenvalue weighted by atomic mass is 10.0. The Labute approximate surface area is 126 Å². The molecule has 0 radical (unpaired) electrons. The van der Waals surface area contributed by atoms with Crippen molar-refractivity contribution in [3.63, 3.8) is 0 Å². The van der Waals surface area contributed by atoms with Gasteiger partial charge in [0.15, 0.2) is 10.9 Å². The van der Waals surface area contributed by atoms with Gasteiger partial charge in [-0.1, -0.05) is 11.8 Å². The van der Waals surface area contributed by atoms with Gasteiger partial charge in [-0.2, -0.15) is 5.26 Å². The number of ketones is 1. The number of nitrogens with zero attached hydrogens (tertiary/aromatic N) is 2. The number of ether oxygens (including phenoxy) is 1. The number of benzene rings is 1. The fourth-order valence-electron chi connectivity index (χ4n) is 1.79. The van der Waals surface area contributed by atoms with Gasteiger partial charge < -0.3 is 15.1 Å². The van der Waals surface area contributed by atoms with E-state index in [1.807, 2.05) is 24.3 Å². The third-order valence-corrected chi connectivity index (χ3v) is 3.80. The van der Waals surface area contributed by atoms with Crippen LogP contribution in [0.4, 0.5) is 0 Å². The van der Waals surface area contributed by atoms with E-state index in [-0.39, 0.29) is 17.2 Å². The second-order valence-corrected chi connectivity index (χ2v) is 5.39. The normalized spacial score (nSPS) is 11.9. The average Bonchev–Trinajstić information content (AvgIpc) is 2.87. The number of hydrogen-bond acceptors (Lipinski definition) is 6. The van der Waals surface area contributed by atoms with Gasteiger partial charge >= 0.3 is 0 Å². The van der Waals surface area contributed by atoms with Crippen LogP contribution in [-0.4, -0.2) is 34.3 Å². The van der Waals surface area contributed by atoms with E-state index < -0.39 is 5.92 Å². The third kappa shape index (κ3) is 3.41. The predicted molar refractivity (Wildman–Crippen MR) is 80.9 cm³/mol. The van der Waals surface area contributed by atoms with Crippen LogP contribution in [0.25, 0.3) is 11.0 Å². The number of rotatable bonds is 6. The number of Topliss-reactive ketones (excluding diaryl/α,β-unsaturated/α-hetero) is 1. The third-order valence-electron chi connectivity index (χ3n) is 2.90. The minimum atomic E-state index is -0.970. The molecule has 0 fully saturated rings. The van der Waals surface area contributed by atoms with Crippen molar-refractivity contribution in [2.45, 2.75) is 12.1 Å². The second-order valence-electron chi connectivity index (χ2n) is 4.43. The Morgan fingerprint density at radius 3 is 3.00 bits per heavy atom. The van der Waals surface area contributed by atoms with Crippen LogP contribution < -0.4 is 4.74 Å². The Bertz CT molecular complexity index is 732. The zero-order valence-electron chi connectivity index (χ0n) is 11.6. The van der Waals surface area contributed by atoms with E-state index >= 15 is 0 Å². The Kier molecular flexibility index (Phi) is 4.60. The van der Waals surface area contributed by atoms with Gasteiger partial charge in [-0.3, -0.25) is 4.79 Å². The van der Waals surface area contributed by atoms with Crippen LogP contribution in [0.15, 0.2) is 23.4 Å². The number of fused-ring (bicyclic) bond motifs is 1. The van der Waals surface area contributed by atoms with Crippen molar-refractivity contribution >= 4 is 34.3 Å². The smallest absolute Gasteiger partial charge is 0.166 e. The summed E-state index contributed by atoms with van der Waals surface area (Å²) in [5.41, 5.74) is 1.67. The lowest BCUT2D eigenvalue weighted by Gasteiger charge is -2.04. The van der Waals surface area contributed by atoms with E-state index in [1.54, 1.807) is 7.11 Å². The first-order chi connectivity index (χ1) is 10.0. The molecule has 0 amide bonds. The number of nitrogens with one attached hydrogen (secondary N) is 2. The number of aromatic amines is 1. The molecule has 1 unspecified atom stereocenters. The molecule has 2 rings (SSSR count). The Hall–Kier alpha value is -2.33. The number of hydrogen-bond donors (Lipinski definition) is 2. The van der Waals surface area contributed by atoms with E-state index in [9.17, 15) is 4.79 Å². The number of methoxy groups -OCH3 is 1. The van der Waals surface area contributed by atoms with Crippen molar-refractivity contribution in [1.29, 1.82) is 10.7 Å². The van der Waals surface area contributed by atoms with E-state index in [1.165, 1.54) is 18.7 Å². The fourth-order valence-corrected chi connectivity index (χ4v) is 2.58. The van der Waals surface area contributed by atoms with Gasteiger partial charge in [-0.15, -0.1) is 0 Å². The molecule has 1 aromatic carbocycles. The molecular weight excluding hydrogens is 288 g/mol. The monoisotopic (exact) mass is 302 g/mol. The number of carbonyl (C=O) groups is 1. The van der Waals surface area contributed by atoms with Crippen LogP contribution in [0.5, 0.6) is 5.75 Å². The highest BCUT2D eigenvalue weighted by Gasteiger charge is 2.20. The number of nitriles is 1. The van der Waals surface area contributed by atoms with Gasteiger partial charge in [0, 0.05) is 11.8 Å². The molecule has 2 N–H and O–H groups in total. The van der Waals surface area contributed by atoms with E-state index in [2.05, 4.69) is 9.97 Å². The summed E-state index contributed by atoms with van der Waals surface area (Å²) in [5.74, 6) is -0.427. The van der Waals surface area contributed by atoms with Crippen molar-refractivity contribution in [2.24, 2.45) is 5.92 Å². The zero-order chi connectivity index (χ0) is 15.4. The van der Waals surface area contributed by atoms with Crippen LogP contribution in [0.1, 0.15) is 6.92 Å². The largest absolute Gasteiger partial charge is 0.497 e. The second kappa shape index (κ2) is 6.41. The Morgan fingerprint density at radius 2 is 2.38 bits per heavy atom. The Morgan fingerprint density at radius 1 is 1.62 bits per heavy atom. The molecular formula is C14H14N4O2S. The topological polar surface area (TPSA) is 103 Å². The lowest BCUT2D eigenvalue weighted by Crippen LogP contribution is -2.21. The molecule has 1 atom stereocenters. The molecule has 0 spiro atoms. The summed E-state index contributed by atoms with van der Waals surface area (Å²) in [7, 11) is 1.59. The molecule has 0 bridgehead atoms. The van der Waals surface area contributed by atoms with E-state index in [0.717, 1.165) is 16.8 Å². The SMILES string of the molecule is COc1ccc2nc(SCC(=O)C(C#N)C(C)=N)[nH]c2c1. The number of aromatic nitrogens is 2. The number of thioether (sulfide) groups is 1. The van der Waals surface area contributed by atoms with Crippen LogP contribution in [-0.2, 0) is 4.79 Å². The number of imidazole rings is 1. The van der Waals surface area contributed by atoms with Crippen molar-refractivity contribution in [3.8, 4) is 11.8 Å². The zero-order valence-corrected chi connectivity index (χ0v) is 12.5. The van der Waals surface area contributed by atoms with Gasteiger partial charge in [0.05, 0.1) is 30.0 Å². The molecule has 21 heavy (non-hydrogen) atoms. The summed E-state index contributed by atoms with van der Waals surface area (Å²) in [6, 6.07) is 7.31. The number of H-pyrrole nitrogens is 1. The maximum Gasteiger partial charge on any atom is 0.166 e. The van der Waals surface area contributed by atoms with Crippen molar-refractivity contribution < 1.29 is 9.53 Å². The molecule has 0 aliphatic heterocycles. The maximum atomic E-state index is 11.9. The van der Waals surface area contributed by atoms with E-state index in [4.69, 9.17) is 15.4 Å². The molecule has 0 aliphatic carbocycles. The molecule has 1 heterocycles. The van der Waals surface area contributed by atoms with Crippen molar-refractivity contribution in [3.05, 3.63) is 18.2 Å². The van der Waals surface area contributed by atoms with Gasteiger partial charge in [0.1, 0.15) is 11.7 Å². The summed E-state index contributed by atoms with van der Waals surface area (Å²) in [6.45, 7) is 1.46. The molecule has 1 aromatic heterocycles. The predicted octanol–water partition coefficient (Wildman–Crippen LogP) is 2.41. The van der Waals surface area contributed by atoms with Gasteiger partial charge in [0.25, 0.3) is 0 Å². The van der Waals surface area contributed by atoms with Gasteiger partial charge in [0.2, 0.25) is 0 Å². The highest BCUT2D eigenvalue weighted by Crippen LogP contribution is 2.23. The first-order valence-corrected chi connectivity index (χ1v) is 7.17. The molecule has 7 heteroatoms. The summed E-state index contributed by atoms with van der Waals surface area (Å²) in [6.07, 6.45) is 0. The first kappa shape index (κ1) is 15.1. The summed E-state index contributed by atoms with van der Waals surface area (Å²) in [4.78, 5) is 19.3. The van der Waals surface area contributed by atoms with Crippen LogP contribution >= 0.6 is 11.8 Å². The standard InChI is InChI=1S/C14H14N4O2S/c1-8(16)10(6-15)13(19)7-21-14-17-11-4-3-9(20-2)5-12(11)18-14/h3-5,10,16H,7H2,1-2H3,(H,17,18). The molecule has 6 nitrogen and oxygen atoms in total. The van der Waals surface area contributed by atoms with Crippen LogP contribution in [0.3, 0.4) is 0 Å². The van der Waals surface area contributed by atoms with Crippen LogP contribution in [0, 0.1) is 22.7 Å². The summed E-state index contributed by atoms with van der Waals surface area (Å²) < 4.78 is 5.13. The summed E-state index contributed by atoms with van der Waals surface area (Å²) >= 11 is 1.22. The molecule has 0 saturated heterocycles. The molecule has 108 valence electrons. The summed E-state index contributed by atoms with van der Waals surface area (Å²) in [5, 5.41) is 16.9. The van der Waals surface area contributed by atoms with E-state index in [0.29, 0.717) is 5.16 Å². The Balaban J connectivity index is 2.09. The quantitative estimate of drug-likeness (QED) is 0.630.